The topological polar surface area (TPSA) is 9.23 Å². The molecule has 1 radical (unpaired) electrons. The van der Waals surface area contributed by atoms with Gasteiger partial charge in [-0.05, 0) is 24.5 Å². The molecule has 0 saturated carbocycles. The minimum Gasteiger partial charge on any atom is -0.478 e. The molecule has 0 aromatic heterocycles. The molecule has 1 heterocycles. The summed E-state index contributed by atoms with van der Waals surface area (Å²) in [6, 6.07) is 0. The maximum atomic E-state index is 5.68. The Morgan fingerprint density at radius 1 is 1.25 bits per heavy atom. The third kappa shape index (κ3) is 0.927. The van der Waals surface area contributed by atoms with Crippen molar-refractivity contribution in [3.63, 3.8) is 0 Å². The fraction of sp³-hybridized carbons (Fsp3) is 0.364. The average molecular weight is 161 g/mol. The smallest absolute Gasteiger partial charge is 0.174 e. The standard InChI is InChI=1S/C11H13O/c1-3-8-9-6-5-7-11(9)12-10(8)4-2/h5-7H,3-4H2,1-2H3. The van der Waals surface area contributed by atoms with Crippen molar-refractivity contribution in [1.82, 2.24) is 0 Å². The van der Waals surface area contributed by atoms with Crippen LogP contribution in [0.3, 0.4) is 0 Å². The SMILES string of the molecule is CC[C]1OC2=CC=CC2=C1CC. The second kappa shape index (κ2) is 2.81. The fourth-order valence-corrected chi connectivity index (χ4v) is 1.76. The molecule has 1 heteroatoms. The molecule has 0 atom stereocenters. The largest absolute Gasteiger partial charge is 0.478 e. The van der Waals surface area contributed by atoms with E-state index in [1.807, 2.05) is 12.2 Å². The minimum absolute atomic E-state index is 0.998. The lowest BCUT2D eigenvalue weighted by Crippen LogP contribution is -1.96. The molecule has 0 aromatic rings. The summed E-state index contributed by atoms with van der Waals surface area (Å²) in [7, 11) is 0. The Hall–Kier alpha value is -0.980. The van der Waals surface area contributed by atoms with E-state index in [-0.39, 0.29) is 0 Å². The molecule has 0 bridgehead atoms. The van der Waals surface area contributed by atoms with Gasteiger partial charge in [0.1, 0.15) is 5.76 Å². The van der Waals surface area contributed by atoms with Crippen LogP contribution in [0.2, 0.25) is 0 Å². The Balaban J connectivity index is 2.36. The third-order valence-electron chi connectivity index (χ3n) is 2.35. The summed E-state index contributed by atoms with van der Waals surface area (Å²) in [5.74, 6) is 1.05. The van der Waals surface area contributed by atoms with Crippen molar-refractivity contribution in [2.75, 3.05) is 0 Å². The summed E-state index contributed by atoms with van der Waals surface area (Å²) in [6.07, 6.45) is 9.44. The highest BCUT2D eigenvalue weighted by atomic mass is 16.5. The van der Waals surface area contributed by atoms with Crippen LogP contribution in [0, 0.1) is 6.10 Å². The molecule has 0 fully saturated rings. The molecular weight excluding hydrogens is 148 g/mol. The van der Waals surface area contributed by atoms with Crippen LogP contribution in [0.15, 0.2) is 35.1 Å². The number of rotatable bonds is 2. The number of allylic oxidation sites excluding steroid dienone is 3. The Morgan fingerprint density at radius 2 is 2.08 bits per heavy atom. The maximum absolute atomic E-state index is 5.68. The van der Waals surface area contributed by atoms with E-state index in [9.17, 15) is 0 Å². The molecular formula is C11H13O. The van der Waals surface area contributed by atoms with E-state index in [0.29, 0.717) is 0 Å². The van der Waals surface area contributed by atoms with Crippen molar-refractivity contribution in [3.8, 4) is 0 Å². The summed E-state index contributed by atoms with van der Waals surface area (Å²) < 4.78 is 5.68. The second-order valence-electron chi connectivity index (χ2n) is 3.01. The fourth-order valence-electron chi connectivity index (χ4n) is 1.76. The highest BCUT2D eigenvalue weighted by molar-refractivity contribution is 5.55. The number of ether oxygens (including phenoxy) is 1. The number of hydrogen-bond acceptors (Lipinski definition) is 1. The van der Waals surface area contributed by atoms with Crippen LogP contribution in [-0.2, 0) is 4.74 Å². The van der Waals surface area contributed by atoms with Gasteiger partial charge in [-0.1, -0.05) is 26.0 Å². The third-order valence-corrected chi connectivity index (χ3v) is 2.35. The molecule has 0 saturated heterocycles. The monoisotopic (exact) mass is 161 g/mol. The first-order chi connectivity index (χ1) is 5.86. The molecule has 0 N–H and O–H groups in total. The lowest BCUT2D eigenvalue weighted by atomic mass is 10.0. The molecule has 1 aliphatic carbocycles. The summed E-state index contributed by atoms with van der Waals surface area (Å²) in [5, 5.41) is 0. The molecule has 0 aromatic carbocycles. The zero-order valence-corrected chi connectivity index (χ0v) is 7.55. The van der Waals surface area contributed by atoms with Gasteiger partial charge >= 0.3 is 0 Å². The van der Waals surface area contributed by atoms with E-state index in [2.05, 4.69) is 19.9 Å². The van der Waals surface area contributed by atoms with Gasteiger partial charge < -0.3 is 4.74 Å². The van der Waals surface area contributed by atoms with Crippen LogP contribution < -0.4 is 0 Å². The zero-order valence-electron chi connectivity index (χ0n) is 7.55. The Morgan fingerprint density at radius 3 is 2.75 bits per heavy atom. The summed E-state index contributed by atoms with van der Waals surface area (Å²) in [6.45, 7) is 4.31. The van der Waals surface area contributed by atoms with Crippen LogP contribution in [-0.4, -0.2) is 0 Å². The highest BCUT2D eigenvalue weighted by Crippen LogP contribution is 2.41. The van der Waals surface area contributed by atoms with Gasteiger partial charge in [-0.3, -0.25) is 0 Å². The van der Waals surface area contributed by atoms with Crippen molar-refractivity contribution in [2.45, 2.75) is 26.7 Å². The first kappa shape index (κ1) is 7.66. The Labute approximate surface area is 73.4 Å². The van der Waals surface area contributed by atoms with Crippen molar-refractivity contribution < 1.29 is 4.74 Å². The summed E-state index contributed by atoms with van der Waals surface area (Å²) >= 11 is 0. The zero-order chi connectivity index (χ0) is 8.55. The van der Waals surface area contributed by atoms with Gasteiger partial charge in [0, 0.05) is 5.57 Å². The van der Waals surface area contributed by atoms with E-state index in [0.717, 1.165) is 24.7 Å². The summed E-state index contributed by atoms with van der Waals surface area (Å²) in [5.41, 5.74) is 2.69. The Kier molecular flexibility index (Phi) is 1.80. The van der Waals surface area contributed by atoms with Gasteiger partial charge in [-0.2, -0.15) is 0 Å². The van der Waals surface area contributed by atoms with Gasteiger partial charge in [0.05, 0.1) is 0 Å². The first-order valence-corrected chi connectivity index (χ1v) is 4.52. The molecule has 12 heavy (non-hydrogen) atoms. The number of fused-ring (bicyclic) bond motifs is 1. The maximum Gasteiger partial charge on any atom is 0.174 e. The minimum atomic E-state index is 0.998. The lowest BCUT2D eigenvalue weighted by molar-refractivity contribution is 0.260. The van der Waals surface area contributed by atoms with Crippen LogP contribution in [0.1, 0.15) is 26.7 Å². The molecule has 1 aliphatic heterocycles. The molecule has 63 valence electrons. The normalized spacial score (nSPS) is 21.3. The van der Waals surface area contributed by atoms with E-state index < -0.39 is 0 Å². The predicted molar refractivity (Wildman–Crippen MR) is 49.2 cm³/mol. The first-order valence-electron chi connectivity index (χ1n) is 4.52. The summed E-state index contributed by atoms with van der Waals surface area (Å²) in [4.78, 5) is 0. The van der Waals surface area contributed by atoms with Gasteiger partial charge in [0.15, 0.2) is 6.10 Å². The Bertz CT molecular complexity index is 281. The van der Waals surface area contributed by atoms with Crippen molar-refractivity contribution in [3.05, 3.63) is 41.2 Å². The van der Waals surface area contributed by atoms with Gasteiger partial charge in [-0.15, -0.1) is 0 Å². The van der Waals surface area contributed by atoms with Crippen LogP contribution in [0.25, 0.3) is 0 Å². The molecule has 0 spiro atoms. The van der Waals surface area contributed by atoms with Crippen molar-refractivity contribution >= 4 is 0 Å². The number of hydrogen-bond donors (Lipinski definition) is 0. The van der Waals surface area contributed by atoms with E-state index >= 15 is 0 Å². The second-order valence-corrected chi connectivity index (χ2v) is 3.01. The van der Waals surface area contributed by atoms with Crippen LogP contribution in [0.5, 0.6) is 0 Å². The highest BCUT2D eigenvalue weighted by Gasteiger charge is 2.29. The molecule has 0 unspecified atom stereocenters. The average Bonchev–Trinajstić information content (AvgIpc) is 2.61. The molecule has 1 nitrogen and oxygen atoms in total. The van der Waals surface area contributed by atoms with Crippen LogP contribution >= 0.6 is 0 Å². The quantitative estimate of drug-likeness (QED) is 0.604. The van der Waals surface area contributed by atoms with E-state index in [1.54, 1.807) is 0 Å². The van der Waals surface area contributed by atoms with E-state index in [4.69, 9.17) is 4.74 Å². The molecule has 0 amide bonds. The van der Waals surface area contributed by atoms with Gasteiger partial charge in [-0.25, -0.2) is 0 Å². The molecule has 2 aliphatic rings. The van der Waals surface area contributed by atoms with Crippen LogP contribution in [0.4, 0.5) is 0 Å². The van der Waals surface area contributed by atoms with Gasteiger partial charge in [0.2, 0.25) is 0 Å². The molecule has 2 rings (SSSR count). The van der Waals surface area contributed by atoms with Crippen molar-refractivity contribution in [1.29, 1.82) is 0 Å². The van der Waals surface area contributed by atoms with Gasteiger partial charge in [0.25, 0.3) is 0 Å². The lowest BCUT2D eigenvalue weighted by Gasteiger charge is -2.09. The van der Waals surface area contributed by atoms with E-state index in [1.165, 1.54) is 11.1 Å². The predicted octanol–water partition coefficient (Wildman–Crippen LogP) is 3.12. The van der Waals surface area contributed by atoms with Crippen molar-refractivity contribution in [2.24, 2.45) is 0 Å².